The van der Waals surface area contributed by atoms with Crippen LogP contribution in [0.15, 0.2) is 0 Å². The fourth-order valence-corrected chi connectivity index (χ4v) is 4.15. The van der Waals surface area contributed by atoms with Gasteiger partial charge in [0.25, 0.3) is 0 Å². The zero-order chi connectivity index (χ0) is 11.5. The molecule has 2 aliphatic rings. The van der Waals surface area contributed by atoms with Crippen molar-refractivity contribution in [2.75, 3.05) is 0 Å². The van der Waals surface area contributed by atoms with Crippen LogP contribution in [0.3, 0.4) is 0 Å². The van der Waals surface area contributed by atoms with E-state index in [1.165, 1.54) is 51.4 Å². The van der Waals surface area contributed by atoms with E-state index in [1.807, 2.05) is 0 Å². The standard InChI is InChI=1S/C15H28O/c1-11-8-12(2)10-14(9-11)15(16)13-6-4-3-5-7-13/h11-16H,3-10H2,1-2H3/t11-,12+,14?,15-/m1/s1. The Morgan fingerprint density at radius 2 is 1.38 bits per heavy atom. The molecule has 1 unspecified atom stereocenters. The Morgan fingerprint density at radius 3 is 1.94 bits per heavy atom. The van der Waals surface area contributed by atoms with Gasteiger partial charge in [0.15, 0.2) is 0 Å². The molecule has 0 bridgehead atoms. The average Bonchev–Trinajstić information content (AvgIpc) is 2.28. The van der Waals surface area contributed by atoms with Crippen molar-refractivity contribution < 1.29 is 5.11 Å². The van der Waals surface area contributed by atoms with Crippen molar-refractivity contribution in [3.63, 3.8) is 0 Å². The summed E-state index contributed by atoms with van der Waals surface area (Å²) < 4.78 is 0. The van der Waals surface area contributed by atoms with Crippen molar-refractivity contribution >= 4 is 0 Å². The first-order valence-electron chi connectivity index (χ1n) is 7.35. The van der Waals surface area contributed by atoms with E-state index in [1.54, 1.807) is 0 Å². The lowest BCUT2D eigenvalue weighted by Gasteiger charge is -2.38. The van der Waals surface area contributed by atoms with Gasteiger partial charge >= 0.3 is 0 Å². The normalized spacial score (nSPS) is 39.6. The van der Waals surface area contributed by atoms with Crippen molar-refractivity contribution in [2.24, 2.45) is 23.7 Å². The minimum absolute atomic E-state index is 0.00509. The van der Waals surface area contributed by atoms with Gasteiger partial charge in [-0.3, -0.25) is 0 Å². The topological polar surface area (TPSA) is 20.2 Å². The molecule has 2 fully saturated rings. The third-order valence-electron chi connectivity index (χ3n) is 4.83. The van der Waals surface area contributed by atoms with E-state index in [9.17, 15) is 5.11 Å². The second kappa shape index (κ2) is 5.53. The third kappa shape index (κ3) is 3.00. The Bertz CT molecular complexity index is 197. The van der Waals surface area contributed by atoms with E-state index in [4.69, 9.17) is 0 Å². The minimum atomic E-state index is 0.00509. The molecule has 0 aliphatic heterocycles. The summed E-state index contributed by atoms with van der Waals surface area (Å²) in [6.07, 6.45) is 10.5. The molecule has 0 aromatic carbocycles. The van der Waals surface area contributed by atoms with Crippen LogP contribution in [0.4, 0.5) is 0 Å². The molecule has 94 valence electrons. The lowest BCUT2D eigenvalue weighted by atomic mass is 9.70. The maximum Gasteiger partial charge on any atom is 0.0596 e. The van der Waals surface area contributed by atoms with Gasteiger partial charge in [-0.2, -0.15) is 0 Å². The van der Waals surface area contributed by atoms with Gasteiger partial charge in [0, 0.05) is 0 Å². The van der Waals surface area contributed by atoms with Gasteiger partial charge in [0.1, 0.15) is 0 Å². The SMILES string of the molecule is C[C@@H]1CC([C@H](O)C2CCCCC2)C[C@H](C)C1. The van der Waals surface area contributed by atoms with Crippen LogP contribution < -0.4 is 0 Å². The predicted octanol–water partition coefficient (Wildman–Crippen LogP) is 4.00. The molecule has 0 aromatic rings. The molecule has 0 amide bonds. The first-order valence-corrected chi connectivity index (χ1v) is 7.35. The minimum Gasteiger partial charge on any atom is -0.393 e. The van der Waals surface area contributed by atoms with E-state index in [0.717, 1.165) is 11.8 Å². The van der Waals surface area contributed by atoms with Crippen LogP contribution in [0.25, 0.3) is 0 Å². The summed E-state index contributed by atoms with van der Waals surface area (Å²) in [4.78, 5) is 0. The number of rotatable bonds is 2. The van der Waals surface area contributed by atoms with E-state index in [0.29, 0.717) is 11.8 Å². The molecule has 0 saturated heterocycles. The highest BCUT2D eigenvalue weighted by atomic mass is 16.3. The number of aliphatic hydroxyl groups excluding tert-OH is 1. The van der Waals surface area contributed by atoms with Gasteiger partial charge in [-0.1, -0.05) is 33.1 Å². The summed E-state index contributed by atoms with van der Waals surface area (Å²) >= 11 is 0. The molecule has 1 heteroatoms. The zero-order valence-electron chi connectivity index (χ0n) is 11.0. The molecule has 0 heterocycles. The van der Waals surface area contributed by atoms with Crippen molar-refractivity contribution in [3.8, 4) is 0 Å². The molecule has 0 aromatic heterocycles. The van der Waals surface area contributed by atoms with Gasteiger partial charge in [-0.05, 0) is 55.8 Å². The number of hydrogen-bond acceptors (Lipinski definition) is 1. The molecule has 2 saturated carbocycles. The van der Waals surface area contributed by atoms with Crippen LogP contribution in [-0.4, -0.2) is 11.2 Å². The van der Waals surface area contributed by atoms with Gasteiger partial charge in [0.2, 0.25) is 0 Å². The first-order chi connectivity index (χ1) is 7.66. The Balaban J connectivity index is 1.89. The fraction of sp³-hybridized carbons (Fsp3) is 1.00. The lowest BCUT2D eigenvalue weighted by Crippen LogP contribution is -2.35. The van der Waals surface area contributed by atoms with E-state index >= 15 is 0 Å². The second-order valence-electron chi connectivity index (χ2n) is 6.57. The highest BCUT2D eigenvalue weighted by molar-refractivity contribution is 4.84. The molecule has 0 spiro atoms. The summed E-state index contributed by atoms with van der Waals surface area (Å²) in [5, 5.41) is 10.5. The smallest absolute Gasteiger partial charge is 0.0596 e. The van der Waals surface area contributed by atoms with Crippen LogP contribution in [0, 0.1) is 23.7 Å². The summed E-state index contributed by atoms with van der Waals surface area (Å²) in [5.74, 6) is 2.87. The van der Waals surface area contributed by atoms with Crippen LogP contribution in [-0.2, 0) is 0 Å². The number of hydrogen-bond donors (Lipinski definition) is 1. The molecule has 4 atom stereocenters. The van der Waals surface area contributed by atoms with E-state index in [-0.39, 0.29) is 6.10 Å². The van der Waals surface area contributed by atoms with Crippen LogP contribution in [0.2, 0.25) is 0 Å². The van der Waals surface area contributed by atoms with Crippen molar-refractivity contribution in [3.05, 3.63) is 0 Å². The molecule has 1 N–H and O–H groups in total. The Hall–Kier alpha value is -0.0400. The average molecular weight is 224 g/mol. The van der Waals surface area contributed by atoms with Crippen molar-refractivity contribution in [2.45, 2.75) is 71.3 Å². The zero-order valence-corrected chi connectivity index (χ0v) is 11.0. The van der Waals surface area contributed by atoms with Crippen LogP contribution in [0.5, 0.6) is 0 Å². The number of aliphatic hydroxyl groups is 1. The molecule has 0 radical (unpaired) electrons. The highest BCUT2D eigenvalue weighted by Gasteiger charge is 2.33. The monoisotopic (exact) mass is 224 g/mol. The van der Waals surface area contributed by atoms with Crippen molar-refractivity contribution in [1.29, 1.82) is 0 Å². The Morgan fingerprint density at radius 1 is 0.812 bits per heavy atom. The second-order valence-corrected chi connectivity index (χ2v) is 6.57. The van der Waals surface area contributed by atoms with E-state index < -0.39 is 0 Å². The molecular formula is C15H28O. The molecule has 2 aliphatic carbocycles. The maximum absolute atomic E-state index is 10.5. The quantitative estimate of drug-likeness (QED) is 0.751. The first kappa shape index (κ1) is 12.4. The third-order valence-corrected chi connectivity index (χ3v) is 4.83. The van der Waals surface area contributed by atoms with Crippen LogP contribution in [0.1, 0.15) is 65.2 Å². The Kier molecular flexibility index (Phi) is 4.29. The summed E-state index contributed by atoms with van der Waals surface area (Å²) in [6, 6.07) is 0. The summed E-state index contributed by atoms with van der Waals surface area (Å²) in [6.45, 7) is 4.71. The maximum atomic E-state index is 10.5. The van der Waals surface area contributed by atoms with Crippen molar-refractivity contribution in [1.82, 2.24) is 0 Å². The van der Waals surface area contributed by atoms with Crippen LogP contribution >= 0.6 is 0 Å². The lowest BCUT2D eigenvalue weighted by molar-refractivity contribution is 0.000725. The molecule has 2 rings (SSSR count). The summed E-state index contributed by atoms with van der Waals surface area (Å²) in [5.41, 5.74) is 0. The van der Waals surface area contributed by atoms with Gasteiger partial charge in [-0.25, -0.2) is 0 Å². The van der Waals surface area contributed by atoms with E-state index in [2.05, 4.69) is 13.8 Å². The van der Waals surface area contributed by atoms with Gasteiger partial charge in [-0.15, -0.1) is 0 Å². The Labute approximate surface area is 101 Å². The fourth-order valence-electron chi connectivity index (χ4n) is 4.15. The van der Waals surface area contributed by atoms with Gasteiger partial charge < -0.3 is 5.11 Å². The highest BCUT2D eigenvalue weighted by Crippen LogP contribution is 2.39. The molecule has 1 nitrogen and oxygen atoms in total. The predicted molar refractivity (Wildman–Crippen MR) is 68.3 cm³/mol. The molecular weight excluding hydrogens is 196 g/mol. The molecule has 16 heavy (non-hydrogen) atoms. The summed E-state index contributed by atoms with van der Waals surface area (Å²) in [7, 11) is 0. The largest absolute Gasteiger partial charge is 0.393 e. The van der Waals surface area contributed by atoms with Gasteiger partial charge in [0.05, 0.1) is 6.10 Å².